The van der Waals surface area contributed by atoms with Crippen LogP contribution in [-0.4, -0.2) is 11.1 Å². The van der Waals surface area contributed by atoms with Crippen molar-refractivity contribution in [3.05, 3.63) is 71.6 Å². The molecule has 1 aliphatic carbocycles. The first kappa shape index (κ1) is 15.4. The van der Waals surface area contributed by atoms with E-state index < -0.39 is 5.97 Å². The van der Waals surface area contributed by atoms with Crippen LogP contribution in [0.4, 0.5) is 5.69 Å². The summed E-state index contributed by atoms with van der Waals surface area (Å²) in [4.78, 5) is 12.7. The highest BCUT2D eigenvalue weighted by Gasteiger charge is 2.19. The third-order valence-corrected chi connectivity index (χ3v) is 5.29. The number of hydrogen-bond acceptors (Lipinski definition) is 4. The van der Waals surface area contributed by atoms with Gasteiger partial charge in [0.15, 0.2) is 0 Å². The molecule has 1 aliphatic heterocycles. The molecule has 5 heteroatoms. The standard InChI is InChI=1S/C20H14N2O2S/c21-11-5-7-15-17(9-11)25-18-10-12(22)6-8-16(18)19(15)13-3-1-2-4-14(13)20(23)24/h1-10,21H,22H2,(H,23,24). The Balaban J connectivity index is 2.22. The number of rotatable bonds is 2. The summed E-state index contributed by atoms with van der Waals surface area (Å²) in [5.74, 6) is -0.961. The second-order valence-electron chi connectivity index (χ2n) is 5.79. The lowest BCUT2D eigenvalue weighted by atomic mass is 9.92. The first-order valence-electron chi connectivity index (χ1n) is 7.68. The van der Waals surface area contributed by atoms with Gasteiger partial charge in [0.2, 0.25) is 0 Å². The number of benzene rings is 3. The summed E-state index contributed by atoms with van der Waals surface area (Å²) in [7, 11) is 0. The molecule has 25 heavy (non-hydrogen) atoms. The van der Waals surface area contributed by atoms with Gasteiger partial charge in [0.05, 0.1) is 10.9 Å². The minimum atomic E-state index is -0.961. The highest BCUT2D eigenvalue weighted by molar-refractivity contribution is 7.21. The van der Waals surface area contributed by atoms with Gasteiger partial charge in [-0.25, -0.2) is 4.79 Å². The second kappa shape index (κ2) is 5.72. The summed E-state index contributed by atoms with van der Waals surface area (Å²) >= 11 is 1.56. The number of carboxylic acid groups (broad SMARTS) is 1. The third kappa shape index (κ3) is 2.55. The Hall–Kier alpha value is -3.18. The number of nitrogens with two attached hydrogens (primary N) is 1. The van der Waals surface area contributed by atoms with Crippen LogP contribution in [0.3, 0.4) is 0 Å². The van der Waals surface area contributed by atoms with Crippen molar-refractivity contribution in [2.75, 3.05) is 5.73 Å². The van der Waals surface area contributed by atoms with Crippen LogP contribution in [0.25, 0.3) is 31.7 Å². The summed E-state index contributed by atoms with van der Waals surface area (Å²) < 4.78 is 0.966. The van der Waals surface area contributed by atoms with Gasteiger partial charge in [0.1, 0.15) is 0 Å². The molecule has 0 bridgehead atoms. The number of carboxylic acids is 1. The maximum atomic E-state index is 11.7. The first-order valence-corrected chi connectivity index (χ1v) is 8.49. The summed E-state index contributed by atoms with van der Waals surface area (Å²) in [5.41, 5.74) is 9.32. The first-order chi connectivity index (χ1) is 12.0. The fourth-order valence-electron chi connectivity index (χ4n) is 3.08. The van der Waals surface area contributed by atoms with Crippen molar-refractivity contribution in [2.45, 2.75) is 0 Å². The van der Waals surface area contributed by atoms with Crippen molar-refractivity contribution in [2.24, 2.45) is 0 Å². The molecule has 0 unspecified atom stereocenters. The SMILES string of the molecule is N=c1ccc2c(-c3ccccc3C(=O)O)c3ccc(N)cc3sc-2c1. The summed E-state index contributed by atoms with van der Waals surface area (Å²) in [5, 5.41) is 18.9. The molecule has 0 radical (unpaired) electrons. The van der Waals surface area contributed by atoms with Gasteiger partial charge in [-0.05, 0) is 41.5 Å². The number of aromatic carboxylic acids is 1. The van der Waals surface area contributed by atoms with E-state index >= 15 is 0 Å². The summed E-state index contributed by atoms with van der Waals surface area (Å²) in [6.45, 7) is 0. The largest absolute Gasteiger partial charge is 0.478 e. The lowest BCUT2D eigenvalue weighted by Crippen LogP contribution is -2.02. The van der Waals surface area contributed by atoms with Gasteiger partial charge in [-0.2, -0.15) is 0 Å². The predicted molar refractivity (Wildman–Crippen MR) is 101 cm³/mol. The van der Waals surface area contributed by atoms with Crippen molar-refractivity contribution in [1.29, 1.82) is 5.41 Å². The van der Waals surface area contributed by atoms with Crippen LogP contribution in [-0.2, 0) is 0 Å². The molecule has 2 aromatic carbocycles. The molecule has 4 rings (SSSR count). The van der Waals surface area contributed by atoms with Crippen LogP contribution in [0.5, 0.6) is 0 Å². The van der Waals surface area contributed by atoms with E-state index in [9.17, 15) is 9.90 Å². The molecule has 0 amide bonds. The van der Waals surface area contributed by atoms with Crippen molar-refractivity contribution in [3.8, 4) is 21.6 Å². The van der Waals surface area contributed by atoms with E-state index in [1.54, 1.807) is 35.6 Å². The second-order valence-corrected chi connectivity index (χ2v) is 6.88. The number of nitrogens with one attached hydrogen (secondary N) is 1. The minimum absolute atomic E-state index is 0.257. The fraction of sp³-hybridized carbons (Fsp3) is 0. The van der Waals surface area contributed by atoms with Crippen molar-refractivity contribution in [3.63, 3.8) is 0 Å². The van der Waals surface area contributed by atoms with E-state index in [-0.39, 0.29) is 5.56 Å². The number of hydrogen-bond donors (Lipinski definition) is 3. The van der Waals surface area contributed by atoms with Crippen molar-refractivity contribution < 1.29 is 9.90 Å². The van der Waals surface area contributed by atoms with Gasteiger partial charge in [0.25, 0.3) is 0 Å². The molecule has 0 saturated heterocycles. The van der Waals surface area contributed by atoms with Crippen LogP contribution in [0, 0.1) is 5.41 Å². The quantitative estimate of drug-likeness (QED) is 0.370. The number of anilines is 1. The smallest absolute Gasteiger partial charge is 0.336 e. The van der Waals surface area contributed by atoms with Crippen LogP contribution in [0.1, 0.15) is 10.4 Å². The lowest BCUT2D eigenvalue weighted by Gasteiger charge is -2.17. The van der Waals surface area contributed by atoms with Crippen LogP contribution in [0.15, 0.2) is 60.7 Å². The van der Waals surface area contributed by atoms with Gasteiger partial charge in [-0.15, -0.1) is 11.3 Å². The number of nitrogen functional groups attached to an aromatic ring is 1. The molecule has 0 atom stereocenters. The highest BCUT2D eigenvalue weighted by atomic mass is 32.1. The molecule has 4 N–H and O–H groups in total. The molecule has 0 saturated carbocycles. The average molecular weight is 346 g/mol. The molecule has 1 heterocycles. The molecule has 2 aromatic rings. The fourth-order valence-corrected chi connectivity index (χ4v) is 4.26. The minimum Gasteiger partial charge on any atom is -0.478 e. The topological polar surface area (TPSA) is 87.2 Å². The predicted octanol–water partition coefficient (Wildman–Crippen LogP) is 4.43. The zero-order chi connectivity index (χ0) is 17.6. The van der Waals surface area contributed by atoms with E-state index in [1.165, 1.54) is 0 Å². The lowest BCUT2D eigenvalue weighted by molar-refractivity contribution is 0.0698. The normalized spacial score (nSPS) is 11.0. The van der Waals surface area contributed by atoms with Gasteiger partial charge in [-0.1, -0.05) is 30.3 Å². The Morgan fingerprint density at radius 1 is 1.00 bits per heavy atom. The molecule has 122 valence electrons. The molecular weight excluding hydrogens is 332 g/mol. The van der Waals surface area contributed by atoms with Gasteiger partial charge in [0, 0.05) is 26.2 Å². The Kier molecular flexibility index (Phi) is 3.51. The molecule has 0 spiro atoms. The molecule has 0 fully saturated rings. The highest BCUT2D eigenvalue weighted by Crippen LogP contribution is 2.44. The molecular formula is C20H14N2O2S. The van der Waals surface area contributed by atoms with Gasteiger partial charge in [-0.3, -0.25) is 0 Å². The zero-order valence-corrected chi connectivity index (χ0v) is 13.9. The maximum absolute atomic E-state index is 11.7. The van der Waals surface area contributed by atoms with E-state index in [4.69, 9.17) is 11.1 Å². The van der Waals surface area contributed by atoms with E-state index in [1.807, 2.05) is 36.4 Å². The summed E-state index contributed by atoms with van der Waals surface area (Å²) in [6, 6.07) is 18.1. The van der Waals surface area contributed by atoms with E-state index in [2.05, 4.69) is 0 Å². The Morgan fingerprint density at radius 2 is 1.80 bits per heavy atom. The molecule has 0 aromatic heterocycles. The van der Waals surface area contributed by atoms with Crippen LogP contribution < -0.4 is 11.1 Å². The Labute approximate surface area is 147 Å². The van der Waals surface area contributed by atoms with Crippen LogP contribution >= 0.6 is 11.3 Å². The number of fused-ring (bicyclic) bond motifs is 2. The van der Waals surface area contributed by atoms with E-state index in [0.717, 1.165) is 26.1 Å². The average Bonchev–Trinajstić information content (AvgIpc) is 2.59. The van der Waals surface area contributed by atoms with Crippen LogP contribution in [0.2, 0.25) is 0 Å². The van der Waals surface area contributed by atoms with E-state index in [0.29, 0.717) is 16.6 Å². The monoisotopic (exact) mass is 346 g/mol. The Bertz CT molecular complexity index is 1160. The summed E-state index contributed by atoms with van der Waals surface area (Å²) in [6.07, 6.45) is 0. The maximum Gasteiger partial charge on any atom is 0.336 e. The van der Waals surface area contributed by atoms with Crippen molar-refractivity contribution >= 4 is 33.1 Å². The Morgan fingerprint density at radius 3 is 2.60 bits per heavy atom. The van der Waals surface area contributed by atoms with Gasteiger partial charge >= 0.3 is 5.97 Å². The molecule has 4 nitrogen and oxygen atoms in total. The van der Waals surface area contributed by atoms with Gasteiger partial charge < -0.3 is 16.2 Å². The van der Waals surface area contributed by atoms with Crippen molar-refractivity contribution in [1.82, 2.24) is 0 Å². The number of carbonyl (C=O) groups is 1. The third-order valence-electron chi connectivity index (χ3n) is 4.17. The zero-order valence-electron chi connectivity index (χ0n) is 13.1. The molecule has 2 aliphatic rings.